The van der Waals surface area contributed by atoms with Crippen LogP contribution in [0.4, 0.5) is 0 Å². The van der Waals surface area contributed by atoms with Gasteiger partial charge in [-0.15, -0.1) is 0 Å². The predicted molar refractivity (Wildman–Crippen MR) is 69.0 cm³/mol. The number of rotatable bonds is 3. The van der Waals surface area contributed by atoms with Gasteiger partial charge in [0, 0.05) is 0 Å². The smallest absolute Gasteiger partial charge is 0.00882 e. The zero-order chi connectivity index (χ0) is 10.9. The van der Waals surface area contributed by atoms with Gasteiger partial charge in [0.05, 0.1) is 0 Å². The number of unbranched alkanes of at least 4 members (excludes halogenated alkanes) is 3. The molecule has 0 radical (unpaired) electrons. The lowest BCUT2D eigenvalue weighted by Gasteiger charge is -1.93. The van der Waals surface area contributed by atoms with E-state index in [2.05, 4.69) is 50.3 Å². The zero-order valence-corrected chi connectivity index (χ0v) is 10.00. The molecular weight excluding hydrogens is 180 g/mol. The van der Waals surface area contributed by atoms with E-state index in [0.29, 0.717) is 0 Å². The second-order valence-corrected chi connectivity index (χ2v) is 4.01. The van der Waals surface area contributed by atoms with Crippen molar-refractivity contribution in [3.05, 3.63) is 41.5 Å². The van der Waals surface area contributed by atoms with Gasteiger partial charge in [-0.1, -0.05) is 75.9 Å². The maximum atomic E-state index is 2.23. The van der Waals surface area contributed by atoms with E-state index in [9.17, 15) is 0 Å². The minimum absolute atomic E-state index is 1.12. The second-order valence-electron chi connectivity index (χ2n) is 4.01. The van der Waals surface area contributed by atoms with Crippen molar-refractivity contribution in [2.45, 2.75) is 46.0 Å². The molecule has 0 aliphatic heterocycles. The lowest BCUT2D eigenvalue weighted by Crippen LogP contribution is -1.76. The third-order valence-corrected chi connectivity index (χ3v) is 2.65. The summed E-state index contributed by atoms with van der Waals surface area (Å²) in [6, 6.07) is 8.49. The summed E-state index contributed by atoms with van der Waals surface area (Å²) in [5.74, 6) is 0. The van der Waals surface area contributed by atoms with Crippen molar-refractivity contribution in [1.29, 1.82) is 0 Å². The molecule has 0 bridgehead atoms. The van der Waals surface area contributed by atoms with Crippen LogP contribution in [0.3, 0.4) is 0 Å². The summed E-state index contributed by atoms with van der Waals surface area (Å²) < 4.78 is 0. The van der Waals surface area contributed by atoms with Crippen molar-refractivity contribution in [2.75, 3.05) is 0 Å². The molecule has 1 aliphatic rings. The fourth-order valence-corrected chi connectivity index (χ4v) is 1.70. The average molecular weight is 202 g/mol. The van der Waals surface area contributed by atoms with E-state index in [-0.39, 0.29) is 0 Å². The Morgan fingerprint density at radius 2 is 1.67 bits per heavy atom. The third-order valence-electron chi connectivity index (χ3n) is 2.65. The number of allylic oxidation sites excluding steroid dienone is 1. The number of fused-ring (bicyclic) bond motifs is 1. The van der Waals surface area contributed by atoms with Crippen LogP contribution in [0.25, 0.3) is 6.08 Å². The molecule has 0 saturated heterocycles. The standard InChI is InChI=1S/C9H8.C6H14/c1-2-5-9-7-3-6-8(9)4-1;1-3-5-6-4-2/h1-6H,7H2;3-6H2,1-2H3. The van der Waals surface area contributed by atoms with Gasteiger partial charge in [-0.05, 0) is 17.5 Å². The molecule has 0 unspecified atom stereocenters. The normalized spacial score (nSPS) is 11.9. The van der Waals surface area contributed by atoms with Crippen LogP contribution in [0.2, 0.25) is 0 Å². The van der Waals surface area contributed by atoms with E-state index in [4.69, 9.17) is 0 Å². The van der Waals surface area contributed by atoms with Gasteiger partial charge in [-0.2, -0.15) is 0 Å². The van der Waals surface area contributed by atoms with Gasteiger partial charge < -0.3 is 0 Å². The minimum atomic E-state index is 1.12. The Hall–Kier alpha value is -1.04. The van der Waals surface area contributed by atoms with Crippen molar-refractivity contribution in [1.82, 2.24) is 0 Å². The quantitative estimate of drug-likeness (QED) is 0.615. The van der Waals surface area contributed by atoms with E-state index < -0.39 is 0 Å². The summed E-state index contributed by atoms with van der Waals surface area (Å²) in [6.07, 6.45) is 11.0. The average Bonchev–Trinajstić information content (AvgIpc) is 2.75. The van der Waals surface area contributed by atoms with Crippen LogP contribution in [0, 0.1) is 0 Å². The molecular formula is C15H22. The first-order valence-electron chi connectivity index (χ1n) is 6.13. The van der Waals surface area contributed by atoms with Gasteiger partial charge in [0.1, 0.15) is 0 Å². The zero-order valence-electron chi connectivity index (χ0n) is 10.00. The summed E-state index contributed by atoms with van der Waals surface area (Å²) in [5.41, 5.74) is 2.84. The van der Waals surface area contributed by atoms with Gasteiger partial charge in [-0.3, -0.25) is 0 Å². The summed E-state index contributed by atoms with van der Waals surface area (Å²) in [5, 5.41) is 0. The van der Waals surface area contributed by atoms with Gasteiger partial charge >= 0.3 is 0 Å². The van der Waals surface area contributed by atoms with Crippen LogP contribution in [0.5, 0.6) is 0 Å². The van der Waals surface area contributed by atoms with Crippen LogP contribution in [0.15, 0.2) is 30.3 Å². The first kappa shape index (κ1) is 12.0. The molecule has 0 nitrogen and oxygen atoms in total. The molecule has 1 aromatic rings. The molecule has 0 fully saturated rings. The van der Waals surface area contributed by atoms with E-state index >= 15 is 0 Å². The minimum Gasteiger partial charge on any atom is -0.0795 e. The molecule has 82 valence electrons. The Kier molecular flexibility index (Phi) is 5.84. The Morgan fingerprint density at radius 3 is 2.27 bits per heavy atom. The van der Waals surface area contributed by atoms with Gasteiger partial charge in [-0.25, -0.2) is 0 Å². The van der Waals surface area contributed by atoms with Crippen LogP contribution < -0.4 is 0 Å². The van der Waals surface area contributed by atoms with Crippen LogP contribution in [-0.4, -0.2) is 0 Å². The topological polar surface area (TPSA) is 0 Å². The Labute approximate surface area is 94.0 Å². The molecule has 2 rings (SSSR count). The number of hydrogen-bond acceptors (Lipinski definition) is 0. The molecule has 15 heavy (non-hydrogen) atoms. The summed E-state index contributed by atoms with van der Waals surface area (Å²) >= 11 is 0. The van der Waals surface area contributed by atoms with Crippen LogP contribution in [0.1, 0.15) is 50.7 Å². The predicted octanol–water partition coefficient (Wildman–Crippen LogP) is 4.84. The van der Waals surface area contributed by atoms with E-state index in [1.165, 1.54) is 36.8 Å². The molecule has 1 aromatic carbocycles. The molecule has 0 heteroatoms. The number of hydrogen-bond donors (Lipinski definition) is 0. The highest BCUT2D eigenvalue weighted by Gasteiger charge is 2.00. The third kappa shape index (κ3) is 4.33. The van der Waals surface area contributed by atoms with Crippen molar-refractivity contribution in [3.63, 3.8) is 0 Å². The SMILES string of the molecule is C1=Cc2ccccc2C1.CCCCCC. The van der Waals surface area contributed by atoms with E-state index in [0.717, 1.165) is 6.42 Å². The Bertz CT molecular complexity index is 293. The fourth-order valence-electron chi connectivity index (χ4n) is 1.70. The first-order valence-corrected chi connectivity index (χ1v) is 6.13. The maximum absolute atomic E-state index is 2.23. The summed E-state index contributed by atoms with van der Waals surface area (Å²) in [4.78, 5) is 0. The highest BCUT2D eigenvalue weighted by molar-refractivity contribution is 5.59. The molecule has 0 atom stereocenters. The van der Waals surface area contributed by atoms with Gasteiger partial charge in [0.25, 0.3) is 0 Å². The highest BCUT2D eigenvalue weighted by Crippen LogP contribution is 2.17. The Morgan fingerprint density at radius 1 is 1.00 bits per heavy atom. The second kappa shape index (κ2) is 7.28. The fraction of sp³-hybridized carbons (Fsp3) is 0.467. The van der Waals surface area contributed by atoms with Crippen molar-refractivity contribution in [2.24, 2.45) is 0 Å². The van der Waals surface area contributed by atoms with Crippen molar-refractivity contribution < 1.29 is 0 Å². The lowest BCUT2D eigenvalue weighted by molar-refractivity contribution is 0.702. The highest BCUT2D eigenvalue weighted by atomic mass is 14.0. The van der Waals surface area contributed by atoms with E-state index in [1.54, 1.807) is 0 Å². The molecule has 0 saturated carbocycles. The summed E-state index contributed by atoms with van der Waals surface area (Å²) in [6.45, 7) is 4.46. The Balaban J connectivity index is 0.000000167. The molecule has 0 heterocycles. The molecule has 0 spiro atoms. The van der Waals surface area contributed by atoms with Gasteiger partial charge in [0.15, 0.2) is 0 Å². The lowest BCUT2D eigenvalue weighted by atomic mass is 10.1. The number of benzene rings is 1. The van der Waals surface area contributed by atoms with Crippen molar-refractivity contribution in [3.8, 4) is 0 Å². The van der Waals surface area contributed by atoms with Crippen LogP contribution in [-0.2, 0) is 6.42 Å². The molecule has 0 N–H and O–H groups in total. The van der Waals surface area contributed by atoms with Crippen LogP contribution >= 0.6 is 0 Å². The van der Waals surface area contributed by atoms with Crippen molar-refractivity contribution >= 4 is 6.08 Å². The van der Waals surface area contributed by atoms with E-state index in [1.807, 2.05) is 0 Å². The summed E-state index contributed by atoms with van der Waals surface area (Å²) in [7, 11) is 0. The monoisotopic (exact) mass is 202 g/mol. The first-order chi connectivity index (χ1) is 7.38. The maximum Gasteiger partial charge on any atom is -0.00882 e. The van der Waals surface area contributed by atoms with Gasteiger partial charge in [0.2, 0.25) is 0 Å². The molecule has 1 aliphatic carbocycles. The largest absolute Gasteiger partial charge is 0.0795 e. The molecule has 0 amide bonds. The molecule has 0 aromatic heterocycles.